The first kappa shape index (κ1) is 12.9. The molecule has 0 saturated carbocycles. The quantitative estimate of drug-likeness (QED) is 0.785. The molecule has 1 heterocycles. The van der Waals surface area contributed by atoms with Gasteiger partial charge in [0.1, 0.15) is 11.3 Å². The SMILES string of the molecule is OCc1c(Cl)cccc1Oc1cccc2cccnc12. The van der Waals surface area contributed by atoms with E-state index in [0.717, 1.165) is 10.9 Å². The Morgan fingerprint density at radius 2 is 1.75 bits per heavy atom. The Kier molecular flexibility index (Phi) is 3.54. The maximum Gasteiger partial charge on any atom is 0.153 e. The van der Waals surface area contributed by atoms with Crippen LogP contribution in [-0.4, -0.2) is 10.1 Å². The Morgan fingerprint density at radius 1 is 1.00 bits per heavy atom. The molecule has 3 nitrogen and oxygen atoms in total. The monoisotopic (exact) mass is 285 g/mol. The fourth-order valence-corrected chi connectivity index (χ4v) is 2.29. The number of pyridine rings is 1. The third kappa shape index (κ3) is 2.33. The van der Waals surface area contributed by atoms with Gasteiger partial charge in [-0.15, -0.1) is 0 Å². The first-order valence-electron chi connectivity index (χ1n) is 6.19. The average molecular weight is 286 g/mol. The zero-order valence-corrected chi connectivity index (χ0v) is 11.3. The predicted molar refractivity (Wildman–Crippen MR) is 79.2 cm³/mol. The van der Waals surface area contributed by atoms with Crippen LogP contribution in [0.25, 0.3) is 10.9 Å². The number of halogens is 1. The van der Waals surface area contributed by atoms with Crippen LogP contribution in [0.5, 0.6) is 11.5 Å². The zero-order chi connectivity index (χ0) is 13.9. The molecule has 0 aliphatic rings. The topological polar surface area (TPSA) is 42.4 Å². The molecule has 1 aromatic heterocycles. The summed E-state index contributed by atoms with van der Waals surface area (Å²) in [4.78, 5) is 4.33. The number of ether oxygens (including phenoxy) is 1. The van der Waals surface area contributed by atoms with Gasteiger partial charge in [0.15, 0.2) is 5.75 Å². The van der Waals surface area contributed by atoms with Crippen LogP contribution in [0, 0.1) is 0 Å². The van der Waals surface area contributed by atoms with Gasteiger partial charge < -0.3 is 9.84 Å². The van der Waals surface area contributed by atoms with Gasteiger partial charge in [0.25, 0.3) is 0 Å². The molecule has 0 radical (unpaired) electrons. The van der Waals surface area contributed by atoms with Crippen molar-refractivity contribution in [3.05, 3.63) is 65.3 Å². The molecule has 0 spiro atoms. The molecule has 0 aliphatic carbocycles. The summed E-state index contributed by atoms with van der Waals surface area (Å²) in [6, 6.07) is 14.9. The van der Waals surface area contributed by atoms with Crippen molar-refractivity contribution < 1.29 is 9.84 Å². The number of para-hydroxylation sites is 1. The number of rotatable bonds is 3. The molecule has 20 heavy (non-hydrogen) atoms. The number of aliphatic hydroxyl groups excluding tert-OH is 1. The van der Waals surface area contributed by atoms with Crippen LogP contribution in [0.4, 0.5) is 0 Å². The lowest BCUT2D eigenvalue weighted by Gasteiger charge is -2.12. The number of aromatic nitrogens is 1. The molecule has 4 heteroatoms. The molecule has 0 unspecified atom stereocenters. The normalized spacial score (nSPS) is 10.7. The van der Waals surface area contributed by atoms with Crippen LogP contribution in [-0.2, 0) is 6.61 Å². The molecule has 100 valence electrons. The maximum absolute atomic E-state index is 9.41. The van der Waals surface area contributed by atoms with E-state index in [1.165, 1.54) is 0 Å². The molecule has 0 atom stereocenters. The van der Waals surface area contributed by atoms with E-state index < -0.39 is 0 Å². The summed E-state index contributed by atoms with van der Waals surface area (Å²) < 4.78 is 5.89. The second-order valence-electron chi connectivity index (χ2n) is 4.31. The van der Waals surface area contributed by atoms with Crippen molar-refractivity contribution in [2.45, 2.75) is 6.61 Å². The third-order valence-electron chi connectivity index (χ3n) is 3.05. The van der Waals surface area contributed by atoms with E-state index in [1.54, 1.807) is 24.4 Å². The molecule has 0 amide bonds. The van der Waals surface area contributed by atoms with Gasteiger partial charge in [-0.2, -0.15) is 0 Å². The minimum Gasteiger partial charge on any atom is -0.455 e. The standard InChI is InChI=1S/C16H12ClNO2/c17-13-6-2-7-14(12(13)10-19)20-15-8-1-4-11-5-3-9-18-16(11)15/h1-9,19H,10H2. The Morgan fingerprint density at radius 3 is 2.60 bits per heavy atom. The van der Waals surface area contributed by atoms with Crippen LogP contribution in [0.2, 0.25) is 5.02 Å². The van der Waals surface area contributed by atoms with Gasteiger partial charge in [0.2, 0.25) is 0 Å². The number of aliphatic hydroxyl groups is 1. The maximum atomic E-state index is 9.41. The molecular formula is C16H12ClNO2. The van der Waals surface area contributed by atoms with Crippen molar-refractivity contribution in [2.75, 3.05) is 0 Å². The molecule has 3 aromatic rings. The number of hydrogen-bond donors (Lipinski definition) is 1. The van der Waals surface area contributed by atoms with Crippen molar-refractivity contribution in [2.24, 2.45) is 0 Å². The van der Waals surface area contributed by atoms with Gasteiger partial charge >= 0.3 is 0 Å². The summed E-state index contributed by atoms with van der Waals surface area (Å²) in [5.74, 6) is 1.18. The Labute approximate surface area is 121 Å². The molecule has 0 fully saturated rings. The number of fused-ring (bicyclic) bond motifs is 1. The fraction of sp³-hybridized carbons (Fsp3) is 0.0625. The average Bonchev–Trinajstić information content (AvgIpc) is 2.48. The fourth-order valence-electron chi connectivity index (χ4n) is 2.06. The molecule has 2 aromatic carbocycles. The first-order chi connectivity index (χ1) is 9.79. The second kappa shape index (κ2) is 5.49. The largest absolute Gasteiger partial charge is 0.455 e. The summed E-state index contributed by atoms with van der Waals surface area (Å²) in [6.07, 6.45) is 1.72. The van der Waals surface area contributed by atoms with Gasteiger partial charge in [-0.25, -0.2) is 0 Å². The van der Waals surface area contributed by atoms with E-state index in [1.807, 2.05) is 30.3 Å². The summed E-state index contributed by atoms with van der Waals surface area (Å²) in [5, 5.41) is 10.9. The van der Waals surface area contributed by atoms with Crippen molar-refractivity contribution in [3.63, 3.8) is 0 Å². The lowest BCUT2D eigenvalue weighted by atomic mass is 10.2. The third-order valence-corrected chi connectivity index (χ3v) is 3.40. The molecule has 0 aliphatic heterocycles. The number of nitrogens with zero attached hydrogens (tertiary/aromatic N) is 1. The van der Waals surface area contributed by atoms with Crippen LogP contribution < -0.4 is 4.74 Å². The summed E-state index contributed by atoms with van der Waals surface area (Å²) in [6.45, 7) is -0.173. The van der Waals surface area contributed by atoms with Crippen molar-refractivity contribution in [1.29, 1.82) is 0 Å². The van der Waals surface area contributed by atoms with Crippen molar-refractivity contribution >= 4 is 22.5 Å². The van der Waals surface area contributed by atoms with Gasteiger partial charge in [-0.1, -0.05) is 35.9 Å². The van der Waals surface area contributed by atoms with Gasteiger partial charge in [0.05, 0.1) is 6.61 Å². The highest BCUT2D eigenvalue weighted by Crippen LogP contribution is 2.33. The van der Waals surface area contributed by atoms with E-state index >= 15 is 0 Å². The Bertz CT molecular complexity index is 753. The smallest absolute Gasteiger partial charge is 0.153 e. The van der Waals surface area contributed by atoms with E-state index in [0.29, 0.717) is 22.1 Å². The Hall–Kier alpha value is -2.10. The van der Waals surface area contributed by atoms with E-state index in [4.69, 9.17) is 16.3 Å². The minimum atomic E-state index is -0.173. The van der Waals surface area contributed by atoms with E-state index in [9.17, 15) is 5.11 Å². The van der Waals surface area contributed by atoms with Crippen LogP contribution in [0.1, 0.15) is 5.56 Å². The second-order valence-corrected chi connectivity index (χ2v) is 4.72. The lowest BCUT2D eigenvalue weighted by molar-refractivity contribution is 0.276. The summed E-state index contributed by atoms with van der Waals surface area (Å²) in [7, 11) is 0. The highest BCUT2D eigenvalue weighted by atomic mass is 35.5. The van der Waals surface area contributed by atoms with Crippen molar-refractivity contribution in [3.8, 4) is 11.5 Å². The van der Waals surface area contributed by atoms with E-state index in [-0.39, 0.29) is 6.61 Å². The highest BCUT2D eigenvalue weighted by molar-refractivity contribution is 6.31. The molecule has 0 bridgehead atoms. The summed E-state index contributed by atoms with van der Waals surface area (Å²) in [5.41, 5.74) is 1.35. The van der Waals surface area contributed by atoms with Gasteiger partial charge in [0, 0.05) is 22.2 Å². The predicted octanol–water partition coefficient (Wildman–Crippen LogP) is 4.17. The summed E-state index contributed by atoms with van der Waals surface area (Å²) >= 11 is 6.06. The van der Waals surface area contributed by atoms with Crippen LogP contribution in [0.3, 0.4) is 0 Å². The number of benzene rings is 2. The first-order valence-corrected chi connectivity index (χ1v) is 6.57. The molecule has 3 rings (SSSR count). The molecular weight excluding hydrogens is 274 g/mol. The molecule has 0 saturated heterocycles. The highest BCUT2D eigenvalue weighted by Gasteiger charge is 2.10. The van der Waals surface area contributed by atoms with Gasteiger partial charge in [-0.05, 0) is 24.3 Å². The van der Waals surface area contributed by atoms with Gasteiger partial charge in [-0.3, -0.25) is 4.98 Å². The number of hydrogen-bond acceptors (Lipinski definition) is 3. The zero-order valence-electron chi connectivity index (χ0n) is 10.6. The lowest BCUT2D eigenvalue weighted by Crippen LogP contribution is -1.94. The van der Waals surface area contributed by atoms with E-state index in [2.05, 4.69) is 4.98 Å². The van der Waals surface area contributed by atoms with Crippen molar-refractivity contribution in [1.82, 2.24) is 4.98 Å². The minimum absolute atomic E-state index is 0.173. The van der Waals surface area contributed by atoms with Crippen LogP contribution in [0.15, 0.2) is 54.7 Å². The Balaban J connectivity index is 2.08. The molecule has 1 N–H and O–H groups in total. The van der Waals surface area contributed by atoms with Crippen LogP contribution >= 0.6 is 11.6 Å².